The minimum absolute atomic E-state index is 0.0602. The van der Waals surface area contributed by atoms with Gasteiger partial charge in [0.15, 0.2) is 0 Å². The zero-order valence-electron chi connectivity index (χ0n) is 7.36. The van der Waals surface area contributed by atoms with Crippen LogP contribution in [0.15, 0.2) is 0 Å². The van der Waals surface area contributed by atoms with E-state index in [-0.39, 0.29) is 24.2 Å². The van der Waals surface area contributed by atoms with E-state index in [0.29, 0.717) is 5.75 Å². The first-order valence-corrected chi connectivity index (χ1v) is 5.18. The van der Waals surface area contributed by atoms with E-state index in [1.165, 1.54) is 7.11 Å². The fourth-order valence-corrected chi connectivity index (χ4v) is 2.83. The summed E-state index contributed by atoms with van der Waals surface area (Å²) >= 11 is 1.58. The summed E-state index contributed by atoms with van der Waals surface area (Å²) in [7, 11) is 1.32. The first-order chi connectivity index (χ1) is 6.15. The third kappa shape index (κ3) is 2.62. The number of carbonyl (C=O) groups excluding carboxylic acids is 1. The van der Waals surface area contributed by atoms with Crippen LogP contribution in [0.1, 0.15) is 6.42 Å². The van der Waals surface area contributed by atoms with E-state index in [1.54, 1.807) is 11.8 Å². The molecule has 0 amide bonds. The van der Waals surface area contributed by atoms with E-state index in [9.17, 15) is 9.59 Å². The number of carbonyl (C=O) groups is 2. The van der Waals surface area contributed by atoms with Crippen LogP contribution in [0.2, 0.25) is 0 Å². The molecule has 1 fully saturated rings. The molecule has 0 aliphatic carbocycles. The molecule has 0 aromatic rings. The van der Waals surface area contributed by atoms with Gasteiger partial charge in [-0.05, 0) is 11.7 Å². The molecule has 1 aliphatic heterocycles. The molecule has 1 aliphatic rings. The number of carboxylic acid groups (broad SMARTS) is 1. The zero-order valence-corrected chi connectivity index (χ0v) is 8.17. The molecular weight excluding hydrogens is 192 g/mol. The Balaban J connectivity index is 2.48. The van der Waals surface area contributed by atoms with Gasteiger partial charge in [0.2, 0.25) is 0 Å². The van der Waals surface area contributed by atoms with Crippen molar-refractivity contribution in [3.8, 4) is 0 Å². The number of methoxy groups -OCH3 is 1. The van der Waals surface area contributed by atoms with Crippen molar-refractivity contribution in [3.05, 3.63) is 0 Å². The largest absolute Gasteiger partial charge is 0.481 e. The Morgan fingerprint density at radius 3 is 2.77 bits per heavy atom. The van der Waals surface area contributed by atoms with Crippen molar-refractivity contribution in [2.45, 2.75) is 6.42 Å². The van der Waals surface area contributed by atoms with E-state index in [4.69, 9.17) is 5.11 Å². The molecule has 0 radical (unpaired) electrons. The highest BCUT2D eigenvalue weighted by Gasteiger charge is 2.34. The lowest BCUT2D eigenvalue weighted by atomic mass is 9.93. The number of thioether (sulfide) groups is 1. The molecule has 0 aromatic carbocycles. The number of esters is 1. The summed E-state index contributed by atoms with van der Waals surface area (Å²) in [5.74, 6) is -0.222. The number of ether oxygens (including phenoxy) is 1. The third-order valence-corrected chi connectivity index (χ3v) is 3.43. The van der Waals surface area contributed by atoms with Gasteiger partial charge in [0.05, 0.1) is 13.0 Å². The molecule has 0 bridgehead atoms. The van der Waals surface area contributed by atoms with Crippen LogP contribution in [0.25, 0.3) is 0 Å². The Morgan fingerprint density at radius 1 is 1.54 bits per heavy atom. The minimum Gasteiger partial charge on any atom is -0.481 e. The third-order valence-electron chi connectivity index (χ3n) is 2.17. The van der Waals surface area contributed by atoms with E-state index in [2.05, 4.69) is 4.74 Å². The van der Waals surface area contributed by atoms with Gasteiger partial charge < -0.3 is 9.84 Å². The van der Waals surface area contributed by atoms with Crippen LogP contribution in [-0.2, 0) is 14.3 Å². The Bertz CT molecular complexity index is 216. The normalized spacial score (nSPS) is 27.2. The molecule has 13 heavy (non-hydrogen) atoms. The van der Waals surface area contributed by atoms with Gasteiger partial charge in [-0.3, -0.25) is 9.59 Å². The minimum atomic E-state index is -0.807. The first kappa shape index (κ1) is 10.4. The maximum absolute atomic E-state index is 10.9. The maximum Gasteiger partial charge on any atom is 0.307 e. The van der Waals surface area contributed by atoms with Crippen LogP contribution < -0.4 is 0 Å². The van der Waals surface area contributed by atoms with Gasteiger partial charge in [0.1, 0.15) is 0 Å². The van der Waals surface area contributed by atoms with Crippen LogP contribution in [-0.4, -0.2) is 35.7 Å². The predicted molar refractivity (Wildman–Crippen MR) is 48.6 cm³/mol. The molecule has 5 heteroatoms. The highest BCUT2D eigenvalue weighted by atomic mass is 32.2. The van der Waals surface area contributed by atoms with Crippen molar-refractivity contribution >= 4 is 23.7 Å². The van der Waals surface area contributed by atoms with Crippen molar-refractivity contribution in [2.75, 3.05) is 18.6 Å². The van der Waals surface area contributed by atoms with Crippen molar-refractivity contribution in [1.29, 1.82) is 0 Å². The SMILES string of the molecule is COC(=O)CC1CSCC1C(=O)O. The van der Waals surface area contributed by atoms with Gasteiger partial charge in [0.25, 0.3) is 0 Å². The Kier molecular flexibility index (Phi) is 3.59. The zero-order chi connectivity index (χ0) is 9.84. The number of aliphatic carboxylic acids is 1. The highest BCUT2D eigenvalue weighted by Crippen LogP contribution is 2.32. The average molecular weight is 204 g/mol. The summed E-state index contributed by atoms with van der Waals surface area (Å²) < 4.78 is 4.50. The van der Waals surface area contributed by atoms with Crippen molar-refractivity contribution in [3.63, 3.8) is 0 Å². The lowest BCUT2D eigenvalue weighted by molar-refractivity contribution is -0.145. The number of carboxylic acids is 1. The van der Waals surface area contributed by atoms with Crippen LogP contribution >= 0.6 is 11.8 Å². The lowest BCUT2D eigenvalue weighted by Gasteiger charge is -2.12. The lowest BCUT2D eigenvalue weighted by Crippen LogP contribution is -2.24. The predicted octanol–water partition coefficient (Wildman–Crippen LogP) is 0.613. The van der Waals surface area contributed by atoms with E-state index in [1.807, 2.05) is 0 Å². The van der Waals surface area contributed by atoms with E-state index in [0.717, 1.165) is 5.75 Å². The molecule has 0 spiro atoms. The van der Waals surface area contributed by atoms with Crippen LogP contribution in [0.4, 0.5) is 0 Å². The molecule has 1 saturated heterocycles. The quantitative estimate of drug-likeness (QED) is 0.682. The molecule has 4 nitrogen and oxygen atoms in total. The standard InChI is InChI=1S/C8H12O4S/c1-12-7(9)2-5-3-13-4-6(5)8(10)11/h5-6H,2-4H2,1H3,(H,10,11). The second-order valence-electron chi connectivity index (χ2n) is 3.02. The van der Waals surface area contributed by atoms with Gasteiger partial charge >= 0.3 is 11.9 Å². The molecule has 74 valence electrons. The summed E-state index contributed by atoms with van der Waals surface area (Å²) in [4.78, 5) is 21.6. The maximum atomic E-state index is 10.9. The Hall–Kier alpha value is -0.710. The highest BCUT2D eigenvalue weighted by molar-refractivity contribution is 7.99. The van der Waals surface area contributed by atoms with Gasteiger partial charge in [0, 0.05) is 12.2 Å². The molecule has 1 rings (SSSR count). The van der Waals surface area contributed by atoms with Crippen molar-refractivity contribution in [2.24, 2.45) is 11.8 Å². The molecular formula is C8H12O4S. The molecule has 1 heterocycles. The number of hydrogen-bond acceptors (Lipinski definition) is 4. The van der Waals surface area contributed by atoms with Crippen molar-refractivity contribution < 1.29 is 19.4 Å². The van der Waals surface area contributed by atoms with Gasteiger partial charge in [-0.1, -0.05) is 0 Å². The summed E-state index contributed by atoms with van der Waals surface area (Å²) in [6, 6.07) is 0. The summed E-state index contributed by atoms with van der Waals surface area (Å²) in [6.45, 7) is 0. The van der Waals surface area contributed by atoms with E-state index < -0.39 is 5.97 Å². The Morgan fingerprint density at radius 2 is 2.23 bits per heavy atom. The van der Waals surface area contributed by atoms with Crippen molar-refractivity contribution in [1.82, 2.24) is 0 Å². The van der Waals surface area contributed by atoms with Gasteiger partial charge in [-0.2, -0.15) is 11.8 Å². The second-order valence-corrected chi connectivity index (χ2v) is 4.10. The van der Waals surface area contributed by atoms with E-state index >= 15 is 0 Å². The summed E-state index contributed by atoms with van der Waals surface area (Å²) in [6.07, 6.45) is 0.223. The average Bonchev–Trinajstić information content (AvgIpc) is 2.52. The fourth-order valence-electron chi connectivity index (χ4n) is 1.37. The van der Waals surface area contributed by atoms with Crippen LogP contribution in [0, 0.1) is 11.8 Å². The second kappa shape index (κ2) is 4.50. The summed E-state index contributed by atoms with van der Waals surface area (Å²) in [5.41, 5.74) is 0. The number of rotatable bonds is 3. The topological polar surface area (TPSA) is 63.6 Å². The first-order valence-electron chi connectivity index (χ1n) is 4.02. The summed E-state index contributed by atoms with van der Waals surface area (Å²) in [5, 5.41) is 8.80. The fraction of sp³-hybridized carbons (Fsp3) is 0.750. The van der Waals surface area contributed by atoms with Gasteiger partial charge in [-0.25, -0.2) is 0 Å². The van der Waals surface area contributed by atoms with Crippen LogP contribution in [0.5, 0.6) is 0 Å². The monoisotopic (exact) mass is 204 g/mol. The van der Waals surface area contributed by atoms with Gasteiger partial charge in [-0.15, -0.1) is 0 Å². The number of hydrogen-bond donors (Lipinski definition) is 1. The molecule has 0 saturated carbocycles. The molecule has 2 atom stereocenters. The molecule has 0 aromatic heterocycles. The smallest absolute Gasteiger partial charge is 0.307 e. The molecule has 2 unspecified atom stereocenters. The van der Waals surface area contributed by atoms with Crippen LogP contribution in [0.3, 0.4) is 0 Å². The molecule has 1 N–H and O–H groups in total. The Labute approximate surface area is 80.6 Å².